The third-order valence-corrected chi connectivity index (χ3v) is 6.85. The third-order valence-electron chi connectivity index (χ3n) is 6.85. The van der Waals surface area contributed by atoms with Gasteiger partial charge in [-0.2, -0.15) is 0 Å². The van der Waals surface area contributed by atoms with Crippen LogP contribution in [-0.4, -0.2) is 30.1 Å². The number of carboxylic acid groups (broad SMARTS) is 1. The van der Waals surface area contributed by atoms with Crippen molar-refractivity contribution in [2.75, 3.05) is 13.2 Å². The van der Waals surface area contributed by atoms with Crippen molar-refractivity contribution >= 4 is 11.9 Å². The Hall–Kier alpha value is -2.37. The molecule has 3 aliphatic rings. The molecule has 6 heteroatoms. The number of hydrogen-bond donors (Lipinski definition) is 2. The van der Waals surface area contributed by atoms with Crippen LogP contribution in [0.25, 0.3) is 0 Å². The first-order chi connectivity index (χ1) is 13.9. The van der Waals surface area contributed by atoms with E-state index in [2.05, 4.69) is 17.4 Å². The molecular formula is C23H30FNO4. The Morgan fingerprint density at radius 3 is 2.28 bits per heavy atom. The molecule has 3 saturated carbocycles. The van der Waals surface area contributed by atoms with E-state index in [1.54, 1.807) is 0 Å². The first-order valence-corrected chi connectivity index (χ1v) is 10.4. The van der Waals surface area contributed by atoms with Gasteiger partial charge >= 0.3 is 5.97 Å². The van der Waals surface area contributed by atoms with Crippen LogP contribution in [-0.2, 0) is 15.0 Å². The minimum absolute atomic E-state index is 0.0171. The zero-order valence-corrected chi connectivity index (χ0v) is 17.0. The zero-order chi connectivity index (χ0) is 20.9. The standard InChI is InChI=1S/C23H30FNO4/c1-2-17(15-24)16-29-19-5-3-18(4-6-19)22-8-11-23(12-9-22,13-10-22)21(28)25-14-7-20(26)27/h3-6,15H,2,7-14,16H2,1H3,(H,25,28)(H,26,27)/b17-15+. The number of halogens is 1. The molecule has 0 heterocycles. The van der Waals surface area contributed by atoms with Gasteiger partial charge in [0.2, 0.25) is 5.91 Å². The summed E-state index contributed by atoms with van der Waals surface area (Å²) >= 11 is 0. The van der Waals surface area contributed by atoms with Gasteiger partial charge in [0.05, 0.1) is 12.8 Å². The van der Waals surface area contributed by atoms with E-state index < -0.39 is 5.97 Å². The number of ether oxygens (including phenoxy) is 1. The van der Waals surface area contributed by atoms with E-state index >= 15 is 0 Å². The highest BCUT2D eigenvalue weighted by atomic mass is 19.1. The smallest absolute Gasteiger partial charge is 0.305 e. The molecule has 0 saturated heterocycles. The summed E-state index contributed by atoms with van der Waals surface area (Å²) in [5, 5.41) is 11.6. The summed E-state index contributed by atoms with van der Waals surface area (Å²) in [5.41, 5.74) is 1.68. The van der Waals surface area contributed by atoms with Crippen molar-refractivity contribution in [2.45, 2.75) is 63.7 Å². The average molecular weight is 403 g/mol. The Balaban J connectivity index is 1.59. The van der Waals surface area contributed by atoms with Gasteiger partial charge < -0.3 is 15.2 Å². The van der Waals surface area contributed by atoms with Crippen LogP contribution in [0.4, 0.5) is 4.39 Å². The molecule has 1 aromatic carbocycles. The lowest BCUT2D eigenvalue weighted by Gasteiger charge is -2.52. The van der Waals surface area contributed by atoms with E-state index in [-0.39, 0.29) is 36.3 Å². The van der Waals surface area contributed by atoms with Crippen LogP contribution in [0.2, 0.25) is 0 Å². The summed E-state index contributed by atoms with van der Waals surface area (Å²) in [6.07, 6.45) is 6.60. The van der Waals surface area contributed by atoms with Gasteiger partial charge in [0, 0.05) is 12.0 Å². The molecule has 4 rings (SSSR count). The Morgan fingerprint density at radius 1 is 1.14 bits per heavy atom. The van der Waals surface area contributed by atoms with Crippen LogP contribution in [0, 0.1) is 5.41 Å². The Bertz CT molecular complexity index is 747. The number of rotatable bonds is 9. The maximum absolute atomic E-state index is 12.7. The van der Waals surface area contributed by atoms with E-state index in [4.69, 9.17) is 9.84 Å². The van der Waals surface area contributed by atoms with Crippen molar-refractivity contribution < 1.29 is 23.8 Å². The lowest BCUT2D eigenvalue weighted by molar-refractivity contribution is -0.139. The van der Waals surface area contributed by atoms with E-state index in [1.807, 2.05) is 19.1 Å². The maximum atomic E-state index is 12.7. The summed E-state index contributed by atoms with van der Waals surface area (Å²) in [6.45, 7) is 2.35. The summed E-state index contributed by atoms with van der Waals surface area (Å²) in [4.78, 5) is 23.3. The lowest BCUT2D eigenvalue weighted by atomic mass is 9.51. The summed E-state index contributed by atoms with van der Waals surface area (Å²) in [6, 6.07) is 8.10. The van der Waals surface area contributed by atoms with Gasteiger partial charge in [0.15, 0.2) is 0 Å². The fourth-order valence-corrected chi connectivity index (χ4v) is 4.72. The summed E-state index contributed by atoms with van der Waals surface area (Å²) < 4.78 is 18.3. The van der Waals surface area contributed by atoms with Crippen LogP contribution in [0.15, 0.2) is 36.2 Å². The number of benzene rings is 1. The van der Waals surface area contributed by atoms with Gasteiger partial charge in [-0.25, -0.2) is 4.39 Å². The Labute approximate surface area is 171 Å². The molecule has 1 amide bonds. The van der Waals surface area contributed by atoms with Gasteiger partial charge in [-0.05, 0) is 73.6 Å². The highest BCUT2D eigenvalue weighted by Crippen LogP contribution is 2.57. The molecule has 0 aliphatic heterocycles. The summed E-state index contributed by atoms with van der Waals surface area (Å²) in [7, 11) is 0. The molecule has 0 aromatic heterocycles. The number of fused-ring (bicyclic) bond motifs is 3. The highest BCUT2D eigenvalue weighted by molar-refractivity contribution is 5.83. The maximum Gasteiger partial charge on any atom is 0.305 e. The van der Waals surface area contributed by atoms with Crippen molar-refractivity contribution in [3.63, 3.8) is 0 Å². The Kier molecular flexibility index (Phi) is 6.60. The molecule has 0 radical (unpaired) electrons. The molecule has 2 N–H and O–H groups in total. The molecule has 0 spiro atoms. The largest absolute Gasteiger partial charge is 0.489 e. The minimum Gasteiger partial charge on any atom is -0.489 e. The zero-order valence-electron chi connectivity index (χ0n) is 17.0. The monoisotopic (exact) mass is 403 g/mol. The van der Waals surface area contributed by atoms with Crippen LogP contribution in [0.3, 0.4) is 0 Å². The molecule has 3 fully saturated rings. The normalized spacial score (nSPS) is 26.2. The fraction of sp³-hybridized carbons (Fsp3) is 0.565. The number of nitrogens with one attached hydrogen (secondary N) is 1. The van der Waals surface area contributed by atoms with Crippen LogP contribution >= 0.6 is 0 Å². The topological polar surface area (TPSA) is 75.6 Å². The van der Waals surface area contributed by atoms with Crippen molar-refractivity contribution in [3.05, 3.63) is 41.7 Å². The van der Waals surface area contributed by atoms with Crippen molar-refractivity contribution in [2.24, 2.45) is 5.41 Å². The number of hydrogen-bond acceptors (Lipinski definition) is 3. The van der Waals surface area contributed by atoms with E-state index in [1.165, 1.54) is 5.56 Å². The minimum atomic E-state index is -0.895. The van der Waals surface area contributed by atoms with Gasteiger partial charge in [-0.15, -0.1) is 0 Å². The van der Waals surface area contributed by atoms with Crippen LogP contribution < -0.4 is 10.1 Å². The molecule has 29 heavy (non-hydrogen) atoms. The van der Waals surface area contributed by atoms with Crippen molar-refractivity contribution in [1.29, 1.82) is 0 Å². The summed E-state index contributed by atoms with van der Waals surface area (Å²) in [5.74, 6) is -0.145. The van der Waals surface area contributed by atoms with E-state index in [0.717, 1.165) is 44.3 Å². The highest BCUT2D eigenvalue weighted by Gasteiger charge is 2.52. The van der Waals surface area contributed by atoms with Crippen molar-refractivity contribution in [1.82, 2.24) is 5.32 Å². The predicted octanol–water partition coefficient (Wildman–Crippen LogP) is 4.51. The quantitative estimate of drug-likeness (QED) is 0.636. The van der Waals surface area contributed by atoms with Gasteiger partial charge in [0.1, 0.15) is 12.4 Å². The van der Waals surface area contributed by atoms with E-state index in [9.17, 15) is 14.0 Å². The van der Waals surface area contributed by atoms with Crippen LogP contribution in [0.5, 0.6) is 5.75 Å². The molecule has 1 aromatic rings. The predicted molar refractivity (Wildman–Crippen MR) is 108 cm³/mol. The third kappa shape index (κ3) is 4.62. The van der Waals surface area contributed by atoms with Crippen LogP contribution in [0.1, 0.15) is 63.9 Å². The number of carboxylic acids is 1. The SMILES string of the molecule is CC/C(=C\F)COc1ccc(C23CCC(C(=O)NCCC(=O)O)(CC2)CC3)cc1. The number of aliphatic carboxylic acids is 1. The average Bonchev–Trinajstić information content (AvgIpc) is 2.76. The second kappa shape index (κ2) is 8.97. The van der Waals surface area contributed by atoms with Gasteiger partial charge in [-0.1, -0.05) is 19.1 Å². The number of carbonyl (C=O) groups is 2. The molecule has 5 nitrogen and oxygen atoms in total. The Morgan fingerprint density at radius 2 is 1.76 bits per heavy atom. The molecule has 0 unspecified atom stereocenters. The van der Waals surface area contributed by atoms with Gasteiger partial charge in [-0.3, -0.25) is 9.59 Å². The molecule has 158 valence electrons. The second-order valence-corrected chi connectivity index (χ2v) is 8.39. The first kappa shape index (κ1) is 21.3. The second-order valence-electron chi connectivity index (χ2n) is 8.39. The van der Waals surface area contributed by atoms with Crippen molar-refractivity contribution in [3.8, 4) is 5.75 Å². The lowest BCUT2D eigenvalue weighted by Crippen LogP contribution is -2.51. The number of amides is 1. The fourth-order valence-electron chi connectivity index (χ4n) is 4.72. The molecule has 0 atom stereocenters. The number of carbonyl (C=O) groups excluding carboxylic acids is 1. The molecular weight excluding hydrogens is 373 g/mol. The first-order valence-electron chi connectivity index (χ1n) is 10.4. The molecule has 3 aliphatic carbocycles. The molecule has 2 bridgehead atoms. The van der Waals surface area contributed by atoms with Gasteiger partial charge in [0.25, 0.3) is 0 Å². The van der Waals surface area contributed by atoms with E-state index in [0.29, 0.717) is 18.3 Å².